The third-order valence-electron chi connectivity index (χ3n) is 4.13. The molecular formula is C21H21NO4. The van der Waals surface area contributed by atoms with Crippen LogP contribution in [0.4, 0.5) is 5.69 Å². The second-order valence-electron chi connectivity index (χ2n) is 5.89. The Morgan fingerprint density at radius 3 is 2.58 bits per heavy atom. The van der Waals surface area contributed by atoms with E-state index in [2.05, 4.69) is 5.32 Å². The van der Waals surface area contributed by atoms with Gasteiger partial charge in [-0.15, -0.1) is 0 Å². The topological polar surface area (TPSA) is 60.7 Å². The second kappa shape index (κ2) is 7.78. The highest BCUT2D eigenvalue weighted by atomic mass is 16.5. The molecule has 0 bridgehead atoms. The van der Waals surface area contributed by atoms with E-state index >= 15 is 0 Å². The Kier molecular flexibility index (Phi) is 5.27. The predicted molar refractivity (Wildman–Crippen MR) is 100 cm³/mol. The number of ether oxygens (including phenoxy) is 2. The van der Waals surface area contributed by atoms with Crippen LogP contribution in [0.1, 0.15) is 27.4 Å². The number of carbonyl (C=O) groups is 1. The number of furan rings is 1. The number of benzene rings is 2. The molecule has 0 aliphatic carbocycles. The number of carbonyl (C=O) groups excluding carboxylic acids is 1. The molecule has 0 saturated carbocycles. The monoisotopic (exact) mass is 351 g/mol. The fourth-order valence-electron chi connectivity index (χ4n) is 2.70. The Labute approximate surface area is 152 Å². The van der Waals surface area contributed by atoms with Crippen molar-refractivity contribution in [1.29, 1.82) is 0 Å². The first-order valence-corrected chi connectivity index (χ1v) is 8.27. The molecule has 5 heteroatoms. The quantitative estimate of drug-likeness (QED) is 0.713. The summed E-state index contributed by atoms with van der Waals surface area (Å²) in [7, 11) is 3.24. The van der Waals surface area contributed by atoms with Gasteiger partial charge >= 0.3 is 0 Å². The van der Waals surface area contributed by atoms with Gasteiger partial charge in [-0.25, -0.2) is 0 Å². The van der Waals surface area contributed by atoms with Gasteiger partial charge in [-0.1, -0.05) is 18.2 Å². The Bertz CT molecular complexity index is 914. The van der Waals surface area contributed by atoms with Crippen molar-refractivity contribution in [2.45, 2.75) is 13.3 Å². The van der Waals surface area contributed by atoms with Gasteiger partial charge in [0.05, 0.1) is 14.2 Å². The van der Waals surface area contributed by atoms with Crippen LogP contribution in [0.25, 0.3) is 0 Å². The van der Waals surface area contributed by atoms with Crippen molar-refractivity contribution in [3.05, 3.63) is 77.2 Å². The van der Waals surface area contributed by atoms with Gasteiger partial charge in [0, 0.05) is 17.7 Å². The predicted octanol–water partition coefficient (Wildman–Crippen LogP) is 4.45. The van der Waals surface area contributed by atoms with Crippen molar-refractivity contribution in [2.75, 3.05) is 19.5 Å². The van der Waals surface area contributed by atoms with Crippen LogP contribution < -0.4 is 14.8 Å². The van der Waals surface area contributed by atoms with Gasteiger partial charge in [0.1, 0.15) is 17.3 Å². The van der Waals surface area contributed by atoms with Gasteiger partial charge in [0.15, 0.2) is 5.76 Å². The summed E-state index contributed by atoms with van der Waals surface area (Å²) in [5, 5.41) is 2.87. The Hall–Kier alpha value is -3.21. The number of hydrogen-bond acceptors (Lipinski definition) is 4. The second-order valence-corrected chi connectivity index (χ2v) is 5.89. The molecule has 0 fully saturated rings. The molecule has 1 heterocycles. The van der Waals surface area contributed by atoms with E-state index in [-0.39, 0.29) is 11.7 Å². The molecule has 2 aromatic carbocycles. The molecule has 3 aromatic rings. The maximum Gasteiger partial charge on any atom is 0.291 e. The smallest absolute Gasteiger partial charge is 0.291 e. The molecule has 0 atom stereocenters. The highest BCUT2D eigenvalue weighted by Gasteiger charge is 2.14. The highest BCUT2D eigenvalue weighted by Crippen LogP contribution is 2.27. The summed E-state index contributed by atoms with van der Waals surface area (Å²) in [5.41, 5.74) is 2.69. The Morgan fingerprint density at radius 1 is 1.04 bits per heavy atom. The molecule has 1 aromatic heterocycles. The van der Waals surface area contributed by atoms with Gasteiger partial charge in [-0.2, -0.15) is 0 Å². The number of aryl methyl sites for hydroxylation is 1. The van der Waals surface area contributed by atoms with Crippen LogP contribution in [0, 0.1) is 6.92 Å². The van der Waals surface area contributed by atoms with Crippen molar-refractivity contribution in [2.24, 2.45) is 0 Å². The number of anilines is 1. The number of para-hydroxylation sites is 1. The summed E-state index contributed by atoms with van der Waals surface area (Å²) < 4.78 is 16.4. The molecule has 0 spiro atoms. The van der Waals surface area contributed by atoms with Gasteiger partial charge < -0.3 is 19.2 Å². The van der Waals surface area contributed by atoms with Gasteiger partial charge in [-0.3, -0.25) is 4.79 Å². The molecule has 3 rings (SSSR count). The van der Waals surface area contributed by atoms with E-state index in [0.29, 0.717) is 12.2 Å². The van der Waals surface area contributed by atoms with Gasteiger partial charge in [0.2, 0.25) is 0 Å². The minimum absolute atomic E-state index is 0.269. The highest BCUT2D eigenvalue weighted by molar-refractivity contribution is 6.02. The fourth-order valence-corrected chi connectivity index (χ4v) is 2.70. The minimum Gasteiger partial charge on any atom is -0.497 e. The van der Waals surface area contributed by atoms with E-state index in [0.717, 1.165) is 28.3 Å². The number of rotatable bonds is 6. The van der Waals surface area contributed by atoms with Crippen LogP contribution in [-0.4, -0.2) is 20.1 Å². The summed E-state index contributed by atoms with van der Waals surface area (Å²) in [5.74, 6) is 2.15. The van der Waals surface area contributed by atoms with Crippen LogP contribution in [0.3, 0.4) is 0 Å². The minimum atomic E-state index is -0.275. The lowest BCUT2D eigenvalue weighted by atomic mass is 10.1. The molecule has 0 saturated heterocycles. The molecule has 1 N–H and O–H groups in total. The van der Waals surface area contributed by atoms with Gasteiger partial charge in [-0.05, 0) is 48.9 Å². The summed E-state index contributed by atoms with van der Waals surface area (Å²) >= 11 is 0. The first-order valence-electron chi connectivity index (χ1n) is 8.27. The lowest BCUT2D eigenvalue weighted by molar-refractivity contribution is 0.0995. The van der Waals surface area contributed by atoms with E-state index < -0.39 is 0 Å². The number of hydrogen-bond donors (Lipinski definition) is 1. The summed E-state index contributed by atoms with van der Waals surface area (Å²) in [6, 6.07) is 16.7. The van der Waals surface area contributed by atoms with Crippen molar-refractivity contribution >= 4 is 11.6 Å². The summed E-state index contributed by atoms with van der Waals surface area (Å²) in [6.07, 6.45) is 0.498. The first kappa shape index (κ1) is 17.6. The van der Waals surface area contributed by atoms with E-state index in [1.54, 1.807) is 26.4 Å². The molecular weight excluding hydrogens is 330 g/mol. The standard InChI is InChI=1S/C21H21NO4/c1-14-6-4-5-7-18(14)22-21(23)20-11-9-17(26-20)13-15-12-16(24-2)8-10-19(15)25-3/h4-12H,13H2,1-3H3,(H,22,23). The lowest BCUT2D eigenvalue weighted by Gasteiger charge is -2.09. The number of amides is 1. The van der Waals surface area contributed by atoms with Crippen LogP contribution in [0.5, 0.6) is 11.5 Å². The lowest BCUT2D eigenvalue weighted by Crippen LogP contribution is -2.11. The Balaban J connectivity index is 1.76. The van der Waals surface area contributed by atoms with E-state index in [1.165, 1.54) is 0 Å². The zero-order valence-corrected chi connectivity index (χ0v) is 15.0. The molecule has 0 radical (unpaired) electrons. The fraction of sp³-hybridized carbons (Fsp3) is 0.190. The molecule has 0 aliphatic rings. The number of methoxy groups -OCH3 is 2. The van der Waals surface area contributed by atoms with Crippen LogP contribution >= 0.6 is 0 Å². The molecule has 0 aliphatic heterocycles. The average molecular weight is 351 g/mol. The van der Waals surface area contributed by atoms with Crippen molar-refractivity contribution in [3.63, 3.8) is 0 Å². The zero-order valence-electron chi connectivity index (χ0n) is 15.0. The largest absolute Gasteiger partial charge is 0.497 e. The maximum atomic E-state index is 12.4. The third kappa shape index (κ3) is 3.88. The average Bonchev–Trinajstić information content (AvgIpc) is 3.12. The van der Waals surface area contributed by atoms with Crippen molar-refractivity contribution in [1.82, 2.24) is 0 Å². The molecule has 134 valence electrons. The van der Waals surface area contributed by atoms with E-state index in [1.807, 2.05) is 49.4 Å². The maximum absolute atomic E-state index is 12.4. The molecule has 5 nitrogen and oxygen atoms in total. The van der Waals surface area contributed by atoms with Crippen molar-refractivity contribution < 1.29 is 18.7 Å². The summed E-state index contributed by atoms with van der Waals surface area (Å²) in [6.45, 7) is 1.94. The molecule has 26 heavy (non-hydrogen) atoms. The van der Waals surface area contributed by atoms with Crippen molar-refractivity contribution in [3.8, 4) is 11.5 Å². The van der Waals surface area contributed by atoms with Gasteiger partial charge in [0.25, 0.3) is 5.91 Å². The zero-order chi connectivity index (χ0) is 18.5. The molecule has 1 amide bonds. The normalized spacial score (nSPS) is 10.4. The van der Waals surface area contributed by atoms with E-state index in [9.17, 15) is 4.79 Å². The van der Waals surface area contributed by atoms with Crippen LogP contribution in [0.2, 0.25) is 0 Å². The third-order valence-corrected chi connectivity index (χ3v) is 4.13. The number of nitrogens with one attached hydrogen (secondary N) is 1. The summed E-state index contributed by atoms with van der Waals surface area (Å²) in [4.78, 5) is 12.4. The van der Waals surface area contributed by atoms with Crippen LogP contribution in [-0.2, 0) is 6.42 Å². The van der Waals surface area contributed by atoms with E-state index in [4.69, 9.17) is 13.9 Å². The Morgan fingerprint density at radius 2 is 1.85 bits per heavy atom. The SMILES string of the molecule is COc1ccc(OC)c(Cc2ccc(C(=O)Nc3ccccc3C)o2)c1. The molecule has 0 unspecified atom stereocenters. The first-order chi connectivity index (χ1) is 12.6. The van der Waals surface area contributed by atoms with Crippen LogP contribution in [0.15, 0.2) is 59.0 Å².